The molecule has 4 atom stereocenters. The van der Waals surface area contributed by atoms with Crippen molar-refractivity contribution in [2.75, 3.05) is 5.32 Å². The number of anilines is 1. The predicted molar refractivity (Wildman–Crippen MR) is 86.6 cm³/mol. The highest BCUT2D eigenvalue weighted by atomic mass is 16.2. The Morgan fingerprint density at radius 1 is 1.23 bits per heavy atom. The molecule has 2 bridgehead atoms. The third-order valence-electron chi connectivity index (χ3n) is 5.24. The standard InChI is InChI=1S/C18H24N2O2/c1-11(17-9-13-6-7-14(17)8-13)19-18(22)15-4-3-5-16(10-15)20-12(2)21/h3-5,10-11,13-14,17H,6-9H2,1-2H3,(H,19,22)(H,20,21)/t11-,13-,14-,17-/m0/s1. The highest BCUT2D eigenvalue weighted by Crippen LogP contribution is 2.49. The minimum absolute atomic E-state index is 0.0533. The van der Waals surface area contributed by atoms with Crippen molar-refractivity contribution >= 4 is 17.5 Å². The molecule has 3 rings (SSSR count). The van der Waals surface area contributed by atoms with Crippen LogP contribution in [0.4, 0.5) is 5.69 Å². The van der Waals surface area contributed by atoms with Gasteiger partial charge in [-0.1, -0.05) is 12.5 Å². The Bertz CT molecular complexity index is 584. The second kappa shape index (κ2) is 6.11. The Kier molecular flexibility index (Phi) is 4.19. The van der Waals surface area contributed by atoms with E-state index in [4.69, 9.17) is 0 Å². The van der Waals surface area contributed by atoms with Crippen molar-refractivity contribution in [1.82, 2.24) is 5.32 Å². The Morgan fingerprint density at radius 2 is 2.05 bits per heavy atom. The van der Waals surface area contributed by atoms with Crippen LogP contribution in [0.2, 0.25) is 0 Å². The number of carbonyl (C=O) groups is 2. The van der Waals surface area contributed by atoms with Gasteiger partial charge in [-0.3, -0.25) is 9.59 Å². The number of carbonyl (C=O) groups excluding carboxylic acids is 2. The van der Waals surface area contributed by atoms with Crippen LogP contribution in [0.15, 0.2) is 24.3 Å². The van der Waals surface area contributed by atoms with Gasteiger partial charge in [-0.05, 0) is 62.1 Å². The zero-order chi connectivity index (χ0) is 15.7. The molecule has 2 N–H and O–H groups in total. The Labute approximate surface area is 131 Å². The van der Waals surface area contributed by atoms with E-state index in [2.05, 4.69) is 17.6 Å². The lowest BCUT2D eigenvalue weighted by molar-refractivity contribution is -0.114. The van der Waals surface area contributed by atoms with Crippen molar-refractivity contribution in [1.29, 1.82) is 0 Å². The lowest BCUT2D eigenvalue weighted by atomic mass is 9.84. The first-order valence-electron chi connectivity index (χ1n) is 8.21. The number of rotatable bonds is 4. The van der Waals surface area contributed by atoms with Crippen molar-refractivity contribution in [3.05, 3.63) is 29.8 Å². The fourth-order valence-corrected chi connectivity index (χ4v) is 4.24. The Morgan fingerprint density at radius 3 is 2.68 bits per heavy atom. The van der Waals surface area contributed by atoms with E-state index in [0.29, 0.717) is 17.2 Å². The lowest BCUT2D eigenvalue weighted by Crippen LogP contribution is -2.40. The zero-order valence-electron chi connectivity index (χ0n) is 13.3. The normalized spacial score (nSPS) is 27.5. The molecule has 1 aromatic carbocycles. The molecule has 0 aromatic heterocycles. The largest absolute Gasteiger partial charge is 0.349 e. The van der Waals surface area contributed by atoms with E-state index in [9.17, 15) is 9.59 Å². The summed E-state index contributed by atoms with van der Waals surface area (Å²) in [7, 11) is 0. The molecule has 2 amide bonds. The maximum Gasteiger partial charge on any atom is 0.251 e. The molecule has 4 heteroatoms. The van der Waals surface area contributed by atoms with Crippen molar-refractivity contribution in [2.24, 2.45) is 17.8 Å². The summed E-state index contributed by atoms with van der Waals surface area (Å²) in [6.45, 7) is 3.59. The number of nitrogens with one attached hydrogen (secondary N) is 2. The monoisotopic (exact) mass is 300 g/mol. The molecule has 0 aliphatic heterocycles. The number of benzene rings is 1. The first-order chi connectivity index (χ1) is 10.5. The van der Waals surface area contributed by atoms with Gasteiger partial charge in [0.25, 0.3) is 5.91 Å². The summed E-state index contributed by atoms with van der Waals surface area (Å²) in [4.78, 5) is 23.5. The third kappa shape index (κ3) is 3.16. The van der Waals surface area contributed by atoms with Gasteiger partial charge in [0.05, 0.1) is 0 Å². The Balaban J connectivity index is 1.63. The molecule has 1 aromatic rings. The van der Waals surface area contributed by atoms with E-state index in [-0.39, 0.29) is 17.9 Å². The summed E-state index contributed by atoms with van der Waals surface area (Å²) in [5.74, 6) is 2.13. The van der Waals surface area contributed by atoms with Crippen molar-refractivity contribution in [3.63, 3.8) is 0 Å². The average molecular weight is 300 g/mol. The van der Waals surface area contributed by atoms with Crippen LogP contribution in [0.25, 0.3) is 0 Å². The van der Waals surface area contributed by atoms with E-state index in [1.807, 2.05) is 0 Å². The molecule has 0 radical (unpaired) electrons. The summed E-state index contributed by atoms with van der Waals surface area (Å²) in [6.07, 6.45) is 5.31. The van der Waals surface area contributed by atoms with Crippen LogP contribution in [-0.2, 0) is 4.79 Å². The van der Waals surface area contributed by atoms with E-state index < -0.39 is 0 Å². The summed E-state index contributed by atoms with van der Waals surface area (Å²) >= 11 is 0. The lowest BCUT2D eigenvalue weighted by Gasteiger charge is -2.28. The average Bonchev–Trinajstić information content (AvgIpc) is 3.09. The quantitative estimate of drug-likeness (QED) is 0.897. The molecule has 0 saturated heterocycles. The molecule has 4 nitrogen and oxygen atoms in total. The second-order valence-corrected chi connectivity index (χ2v) is 6.86. The summed E-state index contributed by atoms with van der Waals surface area (Å²) in [5.41, 5.74) is 1.26. The number of amides is 2. The topological polar surface area (TPSA) is 58.2 Å². The zero-order valence-corrected chi connectivity index (χ0v) is 13.3. The molecular weight excluding hydrogens is 276 g/mol. The van der Waals surface area contributed by atoms with Crippen LogP contribution in [-0.4, -0.2) is 17.9 Å². The third-order valence-corrected chi connectivity index (χ3v) is 5.24. The van der Waals surface area contributed by atoms with Crippen LogP contribution >= 0.6 is 0 Å². The molecule has 22 heavy (non-hydrogen) atoms. The molecular formula is C18H24N2O2. The fourth-order valence-electron chi connectivity index (χ4n) is 4.24. The van der Waals surface area contributed by atoms with Crippen molar-refractivity contribution in [2.45, 2.75) is 45.6 Å². The van der Waals surface area contributed by atoms with Gasteiger partial charge in [-0.25, -0.2) is 0 Å². The fraction of sp³-hybridized carbons (Fsp3) is 0.556. The minimum Gasteiger partial charge on any atom is -0.349 e. The van der Waals surface area contributed by atoms with Gasteiger partial charge in [0.1, 0.15) is 0 Å². The van der Waals surface area contributed by atoms with Gasteiger partial charge >= 0.3 is 0 Å². The van der Waals surface area contributed by atoms with Crippen LogP contribution < -0.4 is 10.6 Å². The second-order valence-electron chi connectivity index (χ2n) is 6.86. The maximum absolute atomic E-state index is 12.4. The first-order valence-corrected chi connectivity index (χ1v) is 8.21. The number of hydrogen-bond acceptors (Lipinski definition) is 2. The molecule has 0 unspecified atom stereocenters. The van der Waals surface area contributed by atoms with Gasteiger partial charge < -0.3 is 10.6 Å². The molecule has 2 fully saturated rings. The molecule has 0 spiro atoms. The Hall–Kier alpha value is -1.84. The van der Waals surface area contributed by atoms with Crippen LogP contribution in [0.5, 0.6) is 0 Å². The summed E-state index contributed by atoms with van der Waals surface area (Å²) < 4.78 is 0. The molecule has 118 valence electrons. The van der Waals surface area contributed by atoms with Gasteiger partial charge in [-0.2, -0.15) is 0 Å². The number of fused-ring (bicyclic) bond motifs is 2. The van der Waals surface area contributed by atoms with Gasteiger partial charge in [-0.15, -0.1) is 0 Å². The summed E-state index contributed by atoms with van der Waals surface area (Å²) in [6, 6.07) is 7.31. The highest BCUT2D eigenvalue weighted by Gasteiger charge is 2.42. The van der Waals surface area contributed by atoms with Gasteiger partial charge in [0.15, 0.2) is 0 Å². The van der Waals surface area contributed by atoms with Crippen LogP contribution in [0.3, 0.4) is 0 Å². The maximum atomic E-state index is 12.4. The molecule has 2 saturated carbocycles. The smallest absolute Gasteiger partial charge is 0.251 e. The van der Waals surface area contributed by atoms with Crippen molar-refractivity contribution in [3.8, 4) is 0 Å². The van der Waals surface area contributed by atoms with Gasteiger partial charge in [0.2, 0.25) is 5.91 Å². The van der Waals surface area contributed by atoms with E-state index in [1.54, 1.807) is 24.3 Å². The minimum atomic E-state index is -0.132. The number of hydrogen-bond donors (Lipinski definition) is 2. The van der Waals surface area contributed by atoms with Gasteiger partial charge in [0, 0.05) is 24.2 Å². The predicted octanol–water partition coefficient (Wildman–Crippen LogP) is 3.20. The van der Waals surface area contributed by atoms with E-state index in [1.165, 1.54) is 32.6 Å². The van der Waals surface area contributed by atoms with E-state index in [0.717, 1.165) is 11.8 Å². The first kappa shape index (κ1) is 15.1. The highest BCUT2D eigenvalue weighted by molar-refractivity contribution is 5.96. The summed E-state index contributed by atoms with van der Waals surface area (Å²) in [5, 5.41) is 5.86. The van der Waals surface area contributed by atoms with E-state index >= 15 is 0 Å². The molecule has 2 aliphatic carbocycles. The van der Waals surface area contributed by atoms with Crippen LogP contribution in [0.1, 0.15) is 49.9 Å². The van der Waals surface area contributed by atoms with Crippen molar-refractivity contribution < 1.29 is 9.59 Å². The van der Waals surface area contributed by atoms with Crippen LogP contribution in [0, 0.1) is 17.8 Å². The molecule has 2 aliphatic rings. The SMILES string of the molecule is CC(=O)Nc1cccc(C(=O)N[C@@H](C)[C@@H]2C[C@H]3CC[C@H]2C3)c1. The molecule has 0 heterocycles.